The number of nitrogens with zero attached hydrogens (tertiary/aromatic N) is 2. The van der Waals surface area contributed by atoms with Gasteiger partial charge in [-0.1, -0.05) is 32.9 Å². The number of morpholine rings is 1. The van der Waals surface area contributed by atoms with Gasteiger partial charge in [-0.25, -0.2) is 0 Å². The van der Waals surface area contributed by atoms with Gasteiger partial charge >= 0.3 is 0 Å². The lowest BCUT2D eigenvalue weighted by molar-refractivity contribution is 0.00431. The summed E-state index contributed by atoms with van der Waals surface area (Å²) in [5.74, 6) is 1.43. The molecule has 0 saturated carbocycles. The fourth-order valence-electron chi connectivity index (χ4n) is 3.48. The Labute approximate surface area is 164 Å². The van der Waals surface area contributed by atoms with E-state index in [1.165, 1.54) is 0 Å². The molecule has 0 amide bonds. The third-order valence-electron chi connectivity index (χ3n) is 4.46. The van der Waals surface area contributed by atoms with Crippen LogP contribution < -0.4 is 9.47 Å². The zero-order chi connectivity index (χ0) is 19.9. The van der Waals surface area contributed by atoms with Crippen molar-refractivity contribution in [3.05, 3.63) is 23.8 Å². The van der Waals surface area contributed by atoms with Crippen molar-refractivity contribution in [1.29, 1.82) is 0 Å². The normalized spacial score (nSPS) is 17.1. The Balaban J connectivity index is 1.98. The molecule has 27 heavy (non-hydrogen) atoms. The lowest BCUT2D eigenvalue weighted by Gasteiger charge is -2.29. The van der Waals surface area contributed by atoms with E-state index in [1.54, 1.807) is 7.11 Å². The van der Waals surface area contributed by atoms with Gasteiger partial charge in [0.15, 0.2) is 11.5 Å². The lowest BCUT2D eigenvalue weighted by Crippen LogP contribution is -2.42. The van der Waals surface area contributed by atoms with Gasteiger partial charge in [0, 0.05) is 38.3 Å². The summed E-state index contributed by atoms with van der Waals surface area (Å²) in [5, 5.41) is 10.4. The van der Waals surface area contributed by atoms with Crippen LogP contribution in [0.2, 0.25) is 0 Å². The molecule has 1 N–H and O–H groups in total. The van der Waals surface area contributed by atoms with Crippen molar-refractivity contribution < 1.29 is 19.3 Å². The van der Waals surface area contributed by atoms with Crippen LogP contribution in [-0.2, 0) is 11.3 Å². The Morgan fingerprint density at radius 2 is 1.96 bits per heavy atom. The first-order chi connectivity index (χ1) is 12.8. The average molecular weight is 381 g/mol. The Kier molecular flexibility index (Phi) is 8.35. The fourth-order valence-corrected chi connectivity index (χ4v) is 3.48. The summed E-state index contributed by atoms with van der Waals surface area (Å²) in [6.07, 6.45) is -0.548. The third kappa shape index (κ3) is 7.66. The molecule has 1 atom stereocenters. The minimum atomic E-state index is -0.548. The first-order valence-corrected chi connectivity index (χ1v) is 9.74. The van der Waals surface area contributed by atoms with Gasteiger partial charge in [0.05, 0.1) is 20.3 Å². The molecule has 154 valence electrons. The number of hydrogen-bond acceptors (Lipinski definition) is 6. The second-order valence-electron chi connectivity index (χ2n) is 8.56. The minimum absolute atomic E-state index is 0.225. The molecular formula is C21H36N2O4. The lowest BCUT2D eigenvalue weighted by atomic mass is 9.96. The van der Waals surface area contributed by atoms with Gasteiger partial charge in [0.25, 0.3) is 0 Å². The summed E-state index contributed by atoms with van der Waals surface area (Å²) in [7, 11) is 3.76. The molecule has 1 aliphatic heterocycles. The molecular weight excluding hydrogens is 344 g/mol. The first-order valence-electron chi connectivity index (χ1n) is 9.74. The van der Waals surface area contributed by atoms with Crippen LogP contribution in [0.15, 0.2) is 18.2 Å². The second-order valence-corrected chi connectivity index (χ2v) is 8.56. The fraction of sp³-hybridized carbons (Fsp3) is 0.714. The number of rotatable bonds is 9. The van der Waals surface area contributed by atoms with Crippen LogP contribution in [0.25, 0.3) is 0 Å². The number of benzene rings is 1. The number of aliphatic hydroxyl groups is 1. The maximum Gasteiger partial charge on any atom is 0.165 e. The molecule has 1 aromatic rings. The molecule has 0 unspecified atom stereocenters. The van der Waals surface area contributed by atoms with Gasteiger partial charge in [-0.05, 0) is 18.5 Å². The molecule has 6 nitrogen and oxygen atoms in total. The smallest absolute Gasteiger partial charge is 0.165 e. The Hall–Kier alpha value is -1.34. The average Bonchev–Trinajstić information content (AvgIpc) is 2.59. The molecule has 2 rings (SSSR count). The highest BCUT2D eigenvalue weighted by Crippen LogP contribution is 2.32. The monoisotopic (exact) mass is 380 g/mol. The maximum atomic E-state index is 10.4. The topological polar surface area (TPSA) is 54.4 Å². The van der Waals surface area contributed by atoms with E-state index in [9.17, 15) is 5.11 Å². The van der Waals surface area contributed by atoms with Gasteiger partial charge in [0.2, 0.25) is 0 Å². The van der Waals surface area contributed by atoms with Crippen molar-refractivity contribution in [2.45, 2.75) is 33.4 Å². The second kappa shape index (κ2) is 10.3. The molecule has 1 aliphatic rings. The third-order valence-corrected chi connectivity index (χ3v) is 4.46. The van der Waals surface area contributed by atoms with Crippen LogP contribution in [0, 0.1) is 5.41 Å². The summed E-state index contributed by atoms with van der Waals surface area (Å²) >= 11 is 0. The SMILES string of the molecule is COc1cccc(CN(C)CC(C)(C)C)c1OC[C@@H](O)CN1CCOCC1. The molecule has 0 bridgehead atoms. The van der Waals surface area contributed by atoms with Crippen molar-refractivity contribution in [1.82, 2.24) is 9.80 Å². The number of β-amino-alcohol motifs (C(OH)–C–C–N with tert-alkyl or cyclic N) is 1. The highest BCUT2D eigenvalue weighted by molar-refractivity contribution is 5.46. The van der Waals surface area contributed by atoms with Gasteiger partial charge in [-0.3, -0.25) is 4.90 Å². The van der Waals surface area contributed by atoms with Crippen LogP contribution in [0.5, 0.6) is 11.5 Å². The highest BCUT2D eigenvalue weighted by atomic mass is 16.5. The van der Waals surface area contributed by atoms with Gasteiger partial charge in [-0.2, -0.15) is 0 Å². The highest BCUT2D eigenvalue weighted by Gasteiger charge is 2.19. The molecule has 0 spiro atoms. The molecule has 1 heterocycles. The van der Waals surface area contributed by atoms with E-state index in [-0.39, 0.29) is 12.0 Å². The van der Waals surface area contributed by atoms with Crippen LogP contribution in [0.3, 0.4) is 0 Å². The molecule has 1 fully saturated rings. The Morgan fingerprint density at radius 1 is 1.26 bits per heavy atom. The summed E-state index contributed by atoms with van der Waals surface area (Å²) in [5.41, 5.74) is 1.29. The summed E-state index contributed by atoms with van der Waals surface area (Å²) < 4.78 is 16.9. The van der Waals surface area contributed by atoms with Crippen molar-refractivity contribution in [3.63, 3.8) is 0 Å². The summed E-state index contributed by atoms with van der Waals surface area (Å²) in [6, 6.07) is 5.94. The standard InChI is InChI=1S/C21H36N2O4/c1-21(2,3)16-22(4)13-17-7-6-8-19(25-5)20(17)27-15-18(24)14-23-9-11-26-12-10-23/h6-8,18,24H,9-16H2,1-5H3/t18-/m0/s1. The molecule has 0 radical (unpaired) electrons. The number of ether oxygens (including phenoxy) is 3. The van der Waals surface area contributed by atoms with Crippen molar-refractivity contribution in [2.24, 2.45) is 5.41 Å². The largest absolute Gasteiger partial charge is 0.493 e. The predicted molar refractivity (Wildman–Crippen MR) is 108 cm³/mol. The molecule has 6 heteroatoms. The van der Waals surface area contributed by atoms with Crippen LogP contribution in [-0.4, -0.2) is 81.2 Å². The molecule has 1 saturated heterocycles. The van der Waals surface area contributed by atoms with E-state index in [0.717, 1.165) is 50.7 Å². The summed E-state index contributed by atoms with van der Waals surface area (Å²) in [6.45, 7) is 12.4. The van der Waals surface area contributed by atoms with Crippen LogP contribution in [0.4, 0.5) is 0 Å². The van der Waals surface area contributed by atoms with E-state index in [1.807, 2.05) is 12.1 Å². The zero-order valence-corrected chi connectivity index (χ0v) is 17.5. The van der Waals surface area contributed by atoms with E-state index in [4.69, 9.17) is 14.2 Å². The van der Waals surface area contributed by atoms with E-state index < -0.39 is 6.10 Å². The molecule has 1 aromatic carbocycles. The maximum absolute atomic E-state index is 10.4. The molecule has 0 aromatic heterocycles. The Morgan fingerprint density at radius 3 is 2.59 bits per heavy atom. The van der Waals surface area contributed by atoms with Gasteiger partial charge in [-0.15, -0.1) is 0 Å². The minimum Gasteiger partial charge on any atom is -0.493 e. The number of aliphatic hydroxyl groups excluding tert-OH is 1. The predicted octanol–water partition coefficient (Wildman–Crippen LogP) is 2.25. The first kappa shape index (κ1) is 22.0. The van der Waals surface area contributed by atoms with Crippen LogP contribution >= 0.6 is 0 Å². The zero-order valence-electron chi connectivity index (χ0n) is 17.5. The van der Waals surface area contributed by atoms with Gasteiger partial charge < -0.3 is 24.2 Å². The number of hydrogen-bond donors (Lipinski definition) is 1. The Bertz CT molecular complexity index is 568. The summed E-state index contributed by atoms with van der Waals surface area (Å²) in [4.78, 5) is 4.49. The number of methoxy groups -OCH3 is 1. The van der Waals surface area contributed by atoms with Crippen molar-refractivity contribution in [3.8, 4) is 11.5 Å². The van der Waals surface area contributed by atoms with Crippen LogP contribution in [0.1, 0.15) is 26.3 Å². The molecule has 0 aliphatic carbocycles. The number of para-hydroxylation sites is 1. The van der Waals surface area contributed by atoms with E-state index >= 15 is 0 Å². The van der Waals surface area contributed by atoms with E-state index in [2.05, 4.69) is 43.7 Å². The van der Waals surface area contributed by atoms with Gasteiger partial charge in [0.1, 0.15) is 12.7 Å². The van der Waals surface area contributed by atoms with E-state index in [0.29, 0.717) is 12.3 Å². The van der Waals surface area contributed by atoms with Crippen molar-refractivity contribution in [2.75, 3.05) is 60.2 Å². The van der Waals surface area contributed by atoms with Crippen molar-refractivity contribution >= 4 is 0 Å². The quantitative estimate of drug-likeness (QED) is 0.709.